The Morgan fingerprint density at radius 1 is 1.38 bits per heavy atom. The van der Waals surface area contributed by atoms with Crippen molar-refractivity contribution in [2.75, 3.05) is 19.6 Å². The average Bonchev–Trinajstić information content (AvgIpc) is 2.45. The van der Waals surface area contributed by atoms with Crippen molar-refractivity contribution in [3.8, 4) is 5.75 Å². The number of benzene rings is 1. The lowest BCUT2D eigenvalue weighted by Gasteiger charge is -2.30. The Morgan fingerprint density at radius 2 is 2.10 bits per heavy atom. The maximum absolute atomic E-state index is 12.3. The summed E-state index contributed by atoms with van der Waals surface area (Å²) in [5.74, 6) is 0.00771. The zero-order chi connectivity index (χ0) is 15.2. The monoisotopic (exact) mass is 298 g/mol. The third-order valence-electron chi connectivity index (χ3n) is 3.73. The van der Waals surface area contributed by atoms with Gasteiger partial charge in [-0.2, -0.15) is 0 Å². The fourth-order valence-electron chi connectivity index (χ4n) is 2.57. The number of amides is 1. The van der Waals surface area contributed by atoms with Crippen LogP contribution < -0.4 is 5.32 Å². The van der Waals surface area contributed by atoms with Gasteiger partial charge in [0.05, 0.1) is 6.54 Å². The van der Waals surface area contributed by atoms with Crippen molar-refractivity contribution in [1.29, 1.82) is 0 Å². The molecule has 0 unspecified atom stereocenters. The summed E-state index contributed by atoms with van der Waals surface area (Å²) in [5.41, 5.74) is 0.832. The van der Waals surface area contributed by atoms with Crippen LogP contribution in [0.4, 0.5) is 8.78 Å². The molecule has 1 aliphatic heterocycles. The smallest absolute Gasteiger partial charge is 0.251 e. The van der Waals surface area contributed by atoms with Crippen LogP contribution >= 0.6 is 0 Å². The number of hydrogen-bond donors (Lipinski definition) is 2. The summed E-state index contributed by atoms with van der Waals surface area (Å²) in [6, 6.07) is 6.72. The third-order valence-corrected chi connectivity index (χ3v) is 3.73. The quantitative estimate of drug-likeness (QED) is 0.874. The van der Waals surface area contributed by atoms with Gasteiger partial charge >= 0.3 is 0 Å². The Morgan fingerprint density at radius 3 is 2.71 bits per heavy atom. The van der Waals surface area contributed by atoms with E-state index in [0.717, 1.165) is 5.56 Å². The number of alkyl halides is 2. The molecule has 1 aromatic rings. The van der Waals surface area contributed by atoms with Gasteiger partial charge < -0.3 is 10.4 Å². The molecule has 1 amide bonds. The number of phenols is 1. The van der Waals surface area contributed by atoms with E-state index in [1.807, 2.05) is 6.07 Å². The molecule has 0 radical (unpaired) electrons. The number of phenolic OH excluding ortho intramolecular Hbond substituents is 1. The first-order valence-corrected chi connectivity index (χ1v) is 7.10. The van der Waals surface area contributed by atoms with Crippen molar-refractivity contribution in [1.82, 2.24) is 10.2 Å². The number of nitrogens with one attached hydrogen (secondary N) is 1. The van der Waals surface area contributed by atoms with Crippen LogP contribution in [-0.2, 0) is 11.3 Å². The second-order valence-corrected chi connectivity index (χ2v) is 5.35. The van der Waals surface area contributed by atoms with Crippen LogP contribution in [0.15, 0.2) is 24.3 Å². The lowest BCUT2D eigenvalue weighted by atomic mass is 9.96. The number of carbonyl (C=O) groups is 1. The molecule has 0 bridgehead atoms. The number of hydrogen-bond acceptors (Lipinski definition) is 3. The molecule has 1 aliphatic rings. The van der Waals surface area contributed by atoms with Crippen LogP contribution in [0.1, 0.15) is 18.4 Å². The first-order chi connectivity index (χ1) is 10.0. The highest BCUT2D eigenvalue weighted by Gasteiger charge is 2.25. The molecular formula is C15H20F2N2O2. The number of piperidine rings is 1. The number of halogens is 2. The van der Waals surface area contributed by atoms with E-state index >= 15 is 0 Å². The van der Waals surface area contributed by atoms with Crippen molar-refractivity contribution >= 4 is 5.91 Å². The van der Waals surface area contributed by atoms with E-state index in [0.29, 0.717) is 32.5 Å². The number of likely N-dealkylation sites (tertiary alicyclic amines) is 1. The molecule has 0 atom stereocenters. The predicted octanol–water partition coefficient (Wildman–Crippen LogP) is 1.99. The molecular weight excluding hydrogens is 278 g/mol. The third kappa shape index (κ3) is 4.97. The van der Waals surface area contributed by atoms with E-state index in [1.54, 1.807) is 23.1 Å². The molecule has 6 heteroatoms. The van der Waals surface area contributed by atoms with Crippen LogP contribution in [0.5, 0.6) is 5.75 Å². The van der Waals surface area contributed by atoms with E-state index in [-0.39, 0.29) is 24.1 Å². The lowest BCUT2D eigenvalue weighted by molar-refractivity contribution is -0.126. The van der Waals surface area contributed by atoms with E-state index < -0.39 is 6.43 Å². The molecule has 1 heterocycles. The topological polar surface area (TPSA) is 52.6 Å². The second kappa shape index (κ2) is 7.36. The van der Waals surface area contributed by atoms with E-state index in [9.17, 15) is 18.7 Å². The number of aromatic hydroxyl groups is 1. The molecule has 1 fully saturated rings. The van der Waals surface area contributed by atoms with Crippen molar-refractivity contribution < 1.29 is 18.7 Å². The van der Waals surface area contributed by atoms with Crippen LogP contribution in [0.3, 0.4) is 0 Å². The van der Waals surface area contributed by atoms with Gasteiger partial charge in [0.15, 0.2) is 0 Å². The van der Waals surface area contributed by atoms with Gasteiger partial charge in [-0.1, -0.05) is 12.1 Å². The number of rotatable bonds is 5. The summed E-state index contributed by atoms with van der Waals surface area (Å²) in [6.07, 6.45) is -1.10. The van der Waals surface area contributed by atoms with Crippen LogP contribution in [-0.4, -0.2) is 42.0 Å². The fourth-order valence-corrected chi connectivity index (χ4v) is 2.57. The first-order valence-electron chi connectivity index (χ1n) is 7.10. The van der Waals surface area contributed by atoms with Gasteiger partial charge in [0.2, 0.25) is 5.91 Å². The molecule has 116 valence electrons. The molecule has 0 aromatic heterocycles. The molecule has 0 aliphatic carbocycles. The van der Waals surface area contributed by atoms with Crippen molar-refractivity contribution in [2.24, 2.45) is 5.92 Å². The Hall–Kier alpha value is -1.69. The first kappa shape index (κ1) is 15.7. The summed E-state index contributed by atoms with van der Waals surface area (Å²) >= 11 is 0. The minimum Gasteiger partial charge on any atom is -0.508 e. The maximum atomic E-state index is 12.3. The van der Waals surface area contributed by atoms with Crippen LogP contribution in [0.25, 0.3) is 0 Å². The Labute approximate surface area is 122 Å². The van der Waals surface area contributed by atoms with Gasteiger partial charge in [-0.05, 0) is 43.6 Å². The second-order valence-electron chi connectivity index (χ2n) is 5.35. The molecule has 2 N–H and O–H groups in total. The molecule has 1 saturated heterocycles. The predicted molar refractivity (Wildman–Crippen MR) is 75.1 cm³/mol. The SMILES string of the molecule is O=C(NCc1cccc(O)c1)C1CCN(CC(F)F)CC1. The van der Waals surface area contributed by atoms with Gasteiger partial charge in [0, 0.05) is 12.5 Å². The normalized spacial score (nSPS) is 17.1. The number of nitrogens with zero attached hydrogens (tertiary/aromatic N) is 1. The molecule has 0 saturated carbocycles. The summed E-state index contributed by atoms with van der Waals surface area (Å²) in [6.45, 7) is 1.23. The summed E-state index contributed by atoms with van der Waals surface area (Å²) < 4.78 is 24.5. The Kier molecular flexibility index (Phi) is 5.50. The minimum atomic E-state index is -2.32. The Bertz CT molecular complexity index is 474. The standard InChI is InChI=1S/C15H20F2N2O2/c16-14(17)10-19-6-4-12(5-7-19)15(21)18-9-11-2-1-3-13(20)8-11/h1-3,8,12,14,20H,4-7,9-10H2,(H,18,21). The van der Waals surface area contributed by atoms with Crippen molar-refractivity contribution in [3.05, 3.63) is 29.8 Å². The van der Waals surface area contributed by atoms with Gasteiger partial charge in [-0.3, -0.25) is 9.69 Å². The van der Waals surface area contributed by atoms with E-state index in [1.165, 1.54) is 0 Å². The molecule has 4 nitrogen and oxygen atoms in total. The number of carbonyl (C=O) groups excluding carboxylic acids is 1. The zero-order valence-electron chi connectivity index (χ0n) is 11.8. The molecule has 0 spiro atoms. The van der Waals surface area contributed by atoms with Gasteiger partial charge in [0.1, 0.15) is 5.75 Å². The van der Waals surface area contributed by atoms with E-state index in [2.05, 4.69) is 5.32 Å². The Balaban J connectivity index is 1.75. The van der Waals surface area contributed by atoms with Crippen molar-refractivity contribution in [3.63, 3.8) is 0 Å². The van der Waals surface area contributed by atoms with Crippen LogP contribution in [0.2, 0.25) is 0 Å². The highest BCUT2D eigenvalue weighted by Crippen LogP contribution is 2.18. The van der Waals surface area contributed by atoms with Crippen LogP contribution in [0, 0.1) is 5.92 Å². The molecule has 2 rings (SSSR count). The summed E-state index contributed by atoms with van der Waals surface area (Å²) in [7, 11) is 0. The van der Waals surface area contributed by atoms with Crippen molar-refractivity contribution in [2.45, 2.75) is 25.8 Å². The summed E-state index contributed by atoms with van der Waals surface area (Å²) in [4.78, 5) is 13.7. The van der Waals surface area contributed by atoms with Gasteiger partial charge in [-0.15, -0.1) is 0 Å². The van der Waals surface area contributed by atoms with E-state index in [4.69, 9.17) is 0 Å². The minimum absolute atomic E-state index is 0.0463. The fraction of sp³-hybridized carbons (Fsp3) is 0.533. The van der Waals surface area contributed by atoms with Gasteiger partial charge in [-0.25, -0.2) is 8.78 Å². The maximum Gasteiger partial charge on any atom is 0.251 e. The lowest BCUT2D eigenvalue weighted by Crippen LogP contribution is -2.41. The highest BCUT2D eigenvalue weighted by molar-refractivity contribution is 5.78. The summed E-state index contributed by atoms with van der Waals surface area (Å²) in [5, 5.41) is 12.2. The average molecular weight is 298 g/mol. The molecule has 1 aromatic carbocycles. The highest BCUT2D eigenvalue weighted by atomic mass is 19.3. The molecule has 21 heavy (non-hydrogen) atoms. The van der Waals surface area contributed by atoms with Gasteiger partial charge in [0.25, 0.3) is 6.43 Å². The largest absolute Gasteiger partial charge is 0.508 e. The zero-order valence-corrected chi connectivity index (χ0v) is 11.8.